The van der Waals surface area contributed by atoms with Gasteiger partial charge in [-0.15, -0.1) is 22.9 Å². The maximum absolute atomic E-state index is 5.74. The third-order valence-electron chi connectivity index (χ3n) is 2.74. The van der Waals surface area contributed by atoms with Crippen molar-refractivity contribution in [1.82, 2.24) is 9.55 Å². The Labute approximate surface area is 108 Å². The predicted octanol–water partition coefficient (Wildman–Crippen LogP) is 3.88. The Morgan fingerprint density at radius 1 is 1.29 bits per heavy atom. The molecule has 0 saturated heterocycles. The van der Waals surface area contributed by atoms with E-state index in [1.54, 1.807) is 11.3 Å². The van der Waals surface area contributed by atoms with Gasteiger partial charge in [-0.1, -0.05) is 18.2 Å². The molecule has 3 aromatic rings. The summed E-state index contributed by atoms with van der Waals surface area (Å²) in [5.74, 6) is 0.470. The molecule has 0 N–H and O–H groups in total. The van der Waals surface area contributed by atoms with Gasteiger partial charge in [-0.25, -0.2) is 4.98 Å². The number of hydrogen-bond acceptors (Lipinski definition) is 2. The number of nitrogens with zero attached hydrogens (tertiary/aromatic N) is 2. The Kier molecular flexibility index (Phi) is 2.87. The third-order valence-corrected chi connectivity index (χ3v) is 4.02. The van der Waals surface area contributed by atoms with E-state index in [-0.39, 0.29) is 0 Å². The molecule has 0 spiro atoms. The smallest absolute Gasteiger partial charge is 0.0953 e. The van der Waals surface area contributed by atoms with Crippen molar-refractivity contribution < 1.29 is 0 Å². The highest BCUT2D eigenvalue weighted by Crippen LogP contribution is 2.26. The zero-order valence-electron chi connectivity index (χ0n) is 9.14. The van der Waals surface area contributed by atoms with Crippen LogP contribution in [0.1, 0.15) is 11.3 Å². The number of thiophene rings is 1. The highest BCUT2D eigenvalue weighted by molar-refractivity contribution is 7.17. The normalized spacial score (nSPS) is 11.1. The summed E-state index contributed by atoms with van der Waals surface area (Å²) in [6, 6.07) is 8.48. The lowest BCUT2D eigenvalue weighted by atomic mass is 10.2. The summed E-state index contributed by atoms with van der Waals surface area (Å²) in [6.07, 6.45) is 3.84. The van der Waals surface area contributed by atoms with Crippen LogP contribution in [-0.4, -0.2) is 9.55 Å². The predicted molar refractivity (Wildman–Crippen MR) is 72.7 cm³/mol. The van der Waals surface area contributed by atoms with Crippen LogP contribution in [0.5, 0.6) is 0 Å². The molecule has 0 radical (unpaired) electrons. The Morgan fingerprint density at radius 3 is 3.00 bits per heavy atom. The molecule has 0 saturated carbocycles. The van der Waals surface area contributed by atoms with Gasteiger partial charge >= 0.3 is 0 Å². The minimum atomic E-state index is 0.470. The molecular weight excluding hydrogens is 252 g/mol. The van der Waals surface area contributed by atoms with E-state index in [2.05, 4.69) is 39.2 Å². The lowest BCUT2D eigenvalue weighted by Crippen LogP contribution is -1.94. The second-order valence-electron chi connectivity index (χ2n) is 3.93. The van der Waals surface area contributed by atoms with Gasteiger partial charge in [0, 0.05) is 17.4 Å². The molecule has 2 heterocycles. The van der Waals surface area contributed by atoms with Gasteiger partial charge in [0.05, 0.1) is 17.9 Å². The van der Waals surface area contributed by atoms with E-state index in [4.69, 9.17) is 11.6 Å². The van der Waals surface area contributed by atoms with Crippen LogP contribution in [-0.2, 0) is 12.4 Å². The van der Waals surface area contributed by atoms with Gasteiger partial charge in [-0.3, -0.25) is 0 Å². The van der Waals surface area contributed by atoms with Crippen LogP contribution in [0, 0.1) is 0 Å². The highest BCUT2D eigenvalue weighted by atomic mass is 35.5. The Balaban J connectivity index is 1.94. The van der Waals surface area contributed by atoms with Crippen LogP contribution in [0.25, 0.3) is 10.1 Å². The van der Waals surface area contributed by atoms with Crippen LogP contribution in [0.4, 0.5) is 0 Å². The molecule has 86 valence electrons. The van der Waals surface area contributed by atoms with Crippen molar-refractivity contribution >= 4 is 33.0 Å². The fourth-order valence-corrected chi connectivity index (χ4v) is 3.01. The van der Waals surface area contributed by atoms with E-state index in [0.29, 0.717) is 5.88 Å². The van der Waals surface area contributed by atoms with E-state index >= 15 is 0 Å². The molecule has 0 unspecified atom stereocenters. The van der Waals surface area contributed by atoms with Gasteiger partial charge in [-0.05, 0) is 22.4 Å². The average Bonchev–Trinajstić information content (AvgIpc) is 2.97. The zero-order chi connectivity index (χ0) is 11.7. The van der Waals surface area contributed by atoms with E-state index in [0.717, 1.165) is 12.2 Å². The Morgan fingerprint density at radius 2 is 2.18 bits per heavy atom. The number of fused-ring (bicyclic) bond motifs is 1. The number of aromatic nitrogens is 2. The zero-order valence-corrected chi connectivity index (χ0v) is 10.7. The second kappa shape index (κ2) is 4.51. The number of imidazole rings is 1. The number of rotatable bonds is 3. The summed E-state index contributed by atoms with van der Waals surface area (Å²) in [5.41, 5.74) is 2.26. The molecule has 2 nitrogen and oxygen atoms in total. The lowest BCUT2D eigenvalue weighted by molar-refractivity contribution is 0.804. The first-order valence-corrected chi connectivity index (χ1v) is 6.80. The standard InChI is InChI=1S/C13H11ClN2S/c14-5-11-7-16(9-15-11)6-10-8-17-13-4-2-1-3-12(10)13/h1-4,7-9H,5-6H2. The molecule has 0 aliphatic heterocycles. The van der Waals surface area contributed by atoms with Crippen molar-refractivity contribution in [2.24, 2.45) is 0 Å². The second-order valence-corrected chi connectivity index (χ2v) is 5.11. The highest BCUT2D eigenvalue weighted by Gasteiger charge is 2.04. The number of alkyl halides is 1. The molecular formula is C13H11ClN2S. The van der Waals surface area contributed by atoms with Crippen LogP contribution >= 0.6 is 22.9 Å². The molecule has 4 heteroatoms. The number of halogens is 1. The van der Waals surface area contributed by atoms with Crippen LogP contribution in [0.15, 0.2) is 42.2 Å². The van der Waals surface area contributed by atoms with Crippen molar-refractivity contribution in [3.05, 3.63) is 53.4 Å². The first kappa shape index (κ1) is 10.8. The summed E-state index contributed by atoms with van der Waals surface area (Å²) in [6.45, 7) is 0.855. The fourth-order valence-electron chi connectivity index (χ4n) is 1.91. The van der Waals surface area contributed by atoms with Gasteiger partial charge in [0.25, 0.3) is 0 Å². The number of benzene rings is 1. The van der Waals surface area contributed by atoms with Crippen LogP contribution in [0.3, 0.4) is 0 Å². The Hall–Kier alpha value is -1.32. The average molecular weight is 263 g/mol. The summed E-state index contributed by atoms with van der Waals surface area (Å²) in [4.78, 5) is 4.23. The van der Waals surface area contributed by atoms with Gasteiger partial charge in [0.15, 0.2) is 0 Å². The molecule has 0 aliphatic carbocycles. The molecule has 0 aliphatic rings. The molecule has 0 bridgehead atoms. The summed E-state index contributed by atoms with van der Waals surface area (Å²) < 4.78 is 3.41. The Bertz CT molecular complexity index is 641. The first-order chi connectivity index (χ1) is 8.36. The molecule has 3 rings (SSSR count). The molecule has 17 heavy (non-hydrogen) atoms. The van der Waals surface area contributed by atoms with Gasteiger partial charge in [0.2, 0.25) is 0 Å². The quantitative estimate of drug-likeness (QED) is 0.655. The van der Waals surface area contributed by atoms with E-state index in [1.807, 2.05) is 12.5 Å². The van der Waals surface area contributed by atoms with Gasteiger partial charge in [0.1, 0.15) is 0 Å². The summed E-state index contributed by atoms with van der Waals surface area (Å²) in [7, 11) is 0. The topological polar surface area (TPSA) is 17.8 Å². The first-order valence-electron chi connectivity index (χ1n) is 5.38. The maximum atomic E-state index is 5.74. The van der Waals surface area contributed by atoms with Crippen molar-refractivity contribution in [3.8, 4) is 0 Å². The van der Waals surface area contributed by atoms with E-state index < -0.39 is 0 Å². The summed E-state index contributed by atoms with van der Waals surface area (Å²) >= 11 is 7.53. The fraction of sp³-hybridized carbons (Fsp3) is 0.154. The van der Waals surface area contributed by atoms with Crippen LogP contribution in [0.2, 0.25) is 0 Å². The maximum Gasteiger partial charge on any atom is 0.0953 e. The van der Waals surface area contributed by atoms with Crippen molar-refractivity contribution in [2.75, 3.05) is 0 Å². The molecule has 1 aromatic carbocycles. The summed E-state index contributed by atoms with van der Waals surface area (Å²) in [5, 5.41) is 3.55. The van der Waals surface area contributed by atoms with Gasteiger partial charge in [-0.2, -0.15) is 0 Å². The monoisotopic (exact) mass is 262 g/mol. The largest absolute Gasteiger partial charge is 0.333 e. The molecule has 0 fully saturated rings. The van der Waals surface area contributed by atoms with Crippen molar-refractivity contribution in [3.63, 3.8) is 0 Å². The number of hydrogen-bond donors (Lipinski definition) is 0. The minimum Gasteiger partial charge on any atom is -0.333 e. The molecule has 0 atom stereocenters. The SMILES string of the molecule is ClCc1cn(Cc2csc3ccccc23)cn1. The van der Waals surface area contributed by atoms with E-state index in [1.165, 1.54) is 15.6 Å². The van der Waals surface area contributed by atoms with E-state index in [9.17, 15) is 0 Å². The molecule has 2 aromatic heterocycles. The third kappa shape index (κ3) is 2.08. The minimum absolute atomic E-state index is 0.470. The van der Waals surface area contributed by atoms with Crippen molar-refractivity contribution in [2.45, 2.75) is 12.4 Å². The van der Waals surface area contributed by atoms with Gasteiger partial charge < -0.3 is 4.57 Å². The van der Waals surface area contributed by atoms with Crippen molar-refractivity contribution in [1.29, 1.82) is 0 Å². The van der Waals surface area contributed by atoms with Crippen LogP contribution < -0.4 is 0 Å². The lowest BCUT2D eigenvalue weighted by Gasteiger charge is -2.00. The molecule has 0 amide bonds.